The van der Waals surface area contributed by atoms with Gasteiger partial charge in [-0.3, -0.25) is 4.79 Å². The zero-order valence-electron chi connectivity index (χ0n) is 11.1. The monoisotopic (exact) mass is 294 g/mol. The SMILES string of the molecule is COc1ccc(Cl)c2c(CC(=O)O)c3n(c12)CCNC3. The van der Waals surface area contributed by atoms with Crippen LogP contribution in [0.1, 0.15) is 11.3 Å². The summed E-state index contributed by atoms with van der Waals surface area (Å²) in [6.07, 6.45) is -0.0343. The molecule has 0 unspecified atom stereocenters. The number of nitrogens with zero attached hydrogens (tertiary/aromatic N) is 1. The number of aromatic nitrogens is 1. The molecule has 0 saturated heterocycles. The zero-order chi connectivity index (χ0) is 14.3. The molecule has 0 spiro atoms. The smallest absolute Gasteiger partial charge is 0.307 e. The first-order valence-electron chi connectivity index (χ1n) is 6.42. The first-order chi connectivity index (χ1) is 9.63. The number of aliphatic carboxylic acids is 1. The van der Waals surface area contributed by atoms with E-state index in [9.17, 15) is 4.79 Å². The highest BCUT2D eigenvalue weighted by molar-refractivity contribution is 6.36. The number of carboxylic acid groups (broad SMARTS) is 1. The lowest BCUT2D eigenvalue weighted by Crippen LogP contribution is -2.28. The average molecular weight is 295 g/mol. The van der Waals surface area contributed by atoms with Gasteiger partial charge >= 0.3 is 5.97 Å². The molecule has 2 aromatic rings. The number of benzene rings is 1. The molecule has 1 aliphatic rings. The van der Waals surface area contributed by atoms with Crippen molar-refractivity contribution in [3.8, 4) is 5.75 Å². The molecule has 0 saturated carbocycles. The fraction of sp³-hybridized carbons (Fsp3) is 0.357. The fourth-order valence-corrected chi connectivity index (χ4v) is 3.16. The lowest BCUT2D eigenvalue weighted by Gasteiger charge is -2.19. The van der Waals surface area contributed by atoms with E-state index in [2.05, 4.69) is 9.88 Å². The van der Waals surface area contributed by atoms with Gasteiger partial charge in [0.05, 0.1) is 24.1 Å². The zero-order valence-corrected chi connectivity index (χ0v) is 11.8. The number of ether oxygens (including phenoxy) is 1. The number of carbonyl (C=O) groups is 1. The third-order valence-corrected chi connectivity index (χ3v) is 4.00. The van der Waals surface area contributed by atoms with Gasteiger partial charge in [0.15, 0.2) is 0 Å². The van der Waals surface area contributed by atoms with Crippen molar-refractivity contribution in [3.05, 3.63) is 28.4 Å². The predicted molar refractivity (Wildman–Crippen MR) is 76.5 cm³/mol. The second kappa shape index (κ2) is 5.00. The van der Waals surface area contributed by atoms with Crippen molar-refractivity contribution >= 4 is 28.5 Å². The summed E-state index contributed by atoms with van der Waals surface area (Å²) >= 11 is 6.31. The molecule has 0 radical (unpaired) electrons. The van der Waals surface area contributed by atoms with E-state index in [0.717, 1.165) is 41.0 Å². The molecule has 106 valence electrons. The van der Waals surface area contributed by atoms with Crippen LogP contribution in [0.4, 0.5) is 0 Å². The van der Waals surface area contributed by atoms with Gasteiger partial charge in [0, 0.05) is 30.7 Å². The molecule has 0 amide bonds. The van der Waals surface area contributed by atoms with E-state index in [1.54, 1.807) is 13.2 Å². The third-order valence-electron chi connectivity index (χ3n) is 3.69. The summed E-state index contributed by atoms with van der Waals surface area (Å²) in [5.74, 6) is -0.131. The summed E-state index contributed by atoms with van der Waals surface area (Å²) in [5.41, 5.74) is 2.66. The maximum atomic E-state index is 11.2. The van der Waals surface area contributed by atoms with Gasteiger partial charge in [0.2, 0.25) is 0 Å². The Hall–Kier alpha value is -1.72. The van der Waals surface area contributed by atoms with Crippen molar-refractivity contribution < 1.29 is 14.6 Å². The highest BCUT2D eigenvalue weighted by Gasteiger charge is 2.24. The van der Waals surface area contributed by atoms with E-state index >= 15 is 0 Å². The lowest BCUT2D eigenvalue weighted by atomic mass is 10.1. The predicted octanol–water partition coefficient (Wildman–Crippen LogP) is 2.03. The van der Waals surface area contributed by atoms with Gasteiger partial charge in [-0.2, -0.15) is 0 Å². The Bertz CT molecular complexity index is 694. The van der Waals surface area contributed by atoms with Crippen LogP contribution in [0.5, 0.6) is 5.75 Å². The average Bonchev–Trinajstić information content (AvgIpc) is 2.75. The number of methoxy groups -OCH3 is 1. The molecule has 0 aliphatic carbocycles. The number of hydrogen-bond acceptors (Lipinski definition) is 3. The Labute approximate surface area is 121 Å². The van der Waals surface area contributed by atoms with Crippen LogP contribution in [-0.2, 0) is 24.3 Å². The Morgan fingerprint density at radius 3 is 3.05 bits per heavy atom. The summed E-state index contributed by atoms with van der Waals surface area (Å²) in [5, 5.41) is 13.8. The number of nitrogens with one attached hydrogen (secondary N) is 1. The van der Waals surface area contributed by atoms with E-state index in [1.165, 1.54) is 0 Å². The molecule has 1 aromatic carbocycles. The molecule has 3 rings (SSSR count). The molecule has 2 heterocycles. The van der Waals surface area contributed by atoms with Crippen molar-refractivity contribution in [2.45, 2.75) is 19.5 Å². The fourth-order valence-electron chi connectivity index (χ4n) is 2.90. The Kier molecular flexibility index (Phi) is 3.31. The minimum Gasteiger partial charge on any atom is -0.495 e. The van der Waals surface area contributed by atoms with Gasteiger partial charge in [0.25, 0.3) is 0 Å². The minimum atomic E-state index is -0.857. The Balaban J connectivity index is 2.38. The van der Waals surface area contributed by atoms with E-state index in [0.29, 0.717) is 11.6 Å². The van der Waals surface area contributed by atoms with Gasteiger partial charge in [-0.25, -0.2) is 0 Å². The topological polar surface area (TPSA) is 63.5 Å². The molecule has 6 heteroatoms. The van der Waals surface area contributed by atoms with Crippen molar-refractivity contribution in [2.75, 3.05) is 13.7 Å². The summed E-state index contributed by atoms with van der Waals surface area (Å²) in [6, 6.07) is 3.58. The Morgan fingerprint density at radius 1 is 1.55 bits per heavy atom. The molecule has 0 fully saturated rings. The van der Waals surface area contributed by atoms with E-state index in [-0.39, 0.29) is 6.42 Å². The first-order valence-corrected chi connectivity index (χ1v) is 6.80. The number of carboxylic acids is 1. The number of rotatable bonds is 3. The lowest BCUT2D eigenvalue weighted by molar-refractivity contribution is -0.136. The van der Waals surface area contributed by atoms with Crippen LogP contribution in [0.2, 0.25) is 5.02 Å². The van der Waals surface area contributed by atoms with E-state index < -0.39 is 5.97 Å². The van der Waals surface area contributed by atoms with Gasteiger partial charge in [-0.1, -0.05) is 11.6 Å². The summed E-state index contributed by atoms with van der Waals surface area (Å²) < 4.78 is 7.54. The Morgan fingerprint density at radius 2 is 2.35 bits per heavy atom. The van der Waals surface area contributed by atoms with Gasteiger partial charge in [-0.05, 0) is 17.7 Å². The van der Waals surface area contributed by atoms with Crippen LogP contribution in [0.3, 0.4) is 0 Å². The molecule has 20 heavy (non-hydrogen) atoms. The second-order valence-corrected chi connectivity index (χ2v) is 5.20. The van der Waals surface area contributed by atoms with Crippen LogP contribution in [0.15, 0.2) is 12.1 Å². The quantitative estimate of drug-likeness (QED) is 0.909. The molecule has 0 bridgehead atoms. The highest BCUT2D eigenvalue weighted by atomic mass is 35.5. The van der Waals surface area contributed by atoms with E-state index in [1.807, 2.05) is 6.07 Å². The molecule has 1 aliphatic heterocycles. The maximum Gasteiger partial charge on any atom is 0.307 e. The molecular weight excluding hydrogens is 280 g/mol. The number of fused-ring (bicyclic) bond motifs is 3. The minimum absolute atomic E-state index is 0.0343. The molecule has 2 N–H and O–H groups in total. The second-order valence-electron chi connectivity index (χ2n) is 4.80. The van der Waals surface area contributed by atoms with Crippen molar-refractivity contribution in [1.82, 2.24) is 9.88 Å². The standard InChI is InChI=1S/C14H15ClN2O3/c1-20-11-3-2-9(15)13-8(6-12(18)19)10-7-16-4-5-17(10)14(11)13/h2-3,16H,4-7H2,1H3,(H,18,19). The molecule has 5 nitrogen and oxygen atoms in total. The van der Waals surface area contributed by atoms with Crippen LogP contribution in [0, 0.1) is 0 Å². The highest BCUT2D eigenvalue weighted by Crippen LogP contribution is 2.38. The summed E-state index contributed by atoms with van der Waals surface area (Å²) in [6.45, 7) is 2.28. The maximum absolute atomic E-state index is 11.2. The van der Waals surface area contributed by atoms with Crippen LogP contribution in [0.25, 0.3) is 10.9 Å². The van der Waals surface area contributed by atoms with Gasteiger partial charge in [-0.15, -0.1) is 0 Å². The largest absolute Gasteiger partial charge is 0.495 e. The molecule has 1 aromatic heterocycles. The molecular formula is C14H15ClN2O3. The summed E-state index contributed by atoms with van der Waals surface area (Å²) in [7, 11) is 1.61. The first kappa shape index (κ1) is 13.3. The van der Waals surface area contributed by atoms with Crippen molar-refractivity contribution in [2.24, 2.45) is 0 Å². The van der Waals surface area contributed by atoms with Gasteiger partial charge < -0.3 is 19.7 Å². The number of hydrogen-bond donors (Lipinski definition) is 2. The van der Waals surface area contributed by atoms with Crippen molar-refractivity contribution in [1.29, 1.82) is 0 Å². The van der Waals surface area contributed by atoms with Crippen LogP contribution >= 0.6 is 11.6 Å². The normalized spacial score (nSPS) is 14.3. The molecule has 0 atom stereocenters. The van der Waals surface area contributed by atoms with Crippen LogP contribution in [-0.4, -0.2) is 29.3 Å². The van der Waals surface area contributed by atoms with E-state index in [4.69, 9.17) is 21.4 Å². The number of halogens is 1. The van der Waals surface area contributed by atoms with Crippen molar-refractivity contribution in [3.63, 3.8) is 0 Å². The van der Waals surface area contributed by atoms with Gasteiger partial charge in [0.1, 0.15) is 5.75 Å². The summed E-state index contributed by atoms with van der Waals surface area (Å²) in [4.78, 5) is 11.2. The third kappa shape index (κ3) is 1.94. The van der Waals surface area contributed by atoms with Crippen LogP contribution < -0.4 is 10.1 Å².